The number of fused-ring (bicyclic) bond motifs is 3. The Labute approximate surface area is 169 Å². The number of aryl methyl sites for hydroxylation is 2. The molecule has 0 fully saturated rings. The summed E-state index contributed by atoms with van der Waals surface area (Å²) >= 11 is 0. The molecule has 2 aromatic carbocycles. The zero-order valence-corrected chi connectivity index (χ0v) is 16.9. The van der Waals surface area contributed by atoms with Crippen LogP contribution in [0, 0.1) is 0 Å². The van der Waals surface area contributed by atoms with Gasteiger partial charge >= 0.3 is 5.97 Å². The van der Waals surface area contributed by atoms with Gasteiger partial charge in [0.1, 0.15) is 12.4 Å². The molecule has 0 spiro atoms. The van der Waals surface area contributed by atoms with Crippen LogP contribution in [0.2, 0.25) is 0 Å². The number of rotatable bonds is 6. The summed E-state index contributed by atoms with van der Waals surface area (Å²) < 4.78 is 13.4. The molecule has 0 aliphatic carbocycles. The largest absolute Gasteiger partial charge is 0.489 e. The maximum Gasteiger partial charge on any atom is 0.357 e. The van der Waals surface area contributed by atoms with E-state index in [1.807, 2.05) is 50.4 Å². The number of hydrogen-bond donors (Lipinski definition) is 0. The fourth-order valence-corrected chi connectivity index (χ4v) is 3.78. The molecule has 0 bridgehead atoms. The van der Waals surface area contributed by atoms with Crippen LogP contribution in [-0.2, 0) is 24.8 Å². The first kappa shape index (κ1) is 19.0. The standard InChI is InChI=1S/C24H24N2O3/c1-4-18-22-19-13-17(29-15-16-9-7-6-8-10-16)11-12-20(19)26(3)21(22)14-25-23(18)24(27)28-5-2/h6-14H,4-5,15H2,1-3H3. The van der Waals surface area contributed by atoms with E-state index in [-0.39, 0.29) is 5.97 Å². The highest BCUT2D eigenvalue weighted by Gasteiger charge is 2.20. The van der Waals surface area contributed by atoms with Crippen LogP contribution in [0.1, 0.15) is 35.5 Å². The molecule has 29 heavy (non-hydrogen) atoms. The molecule has 148 valence electrons. The summed E-state index contributed by atoms with van der Waals surface area (Å²) in [5.74, 6) is 0.421. The predicted octanol–water partition coefficient (Wildman–Crippen LogP) is 5.04. The number of hydrogen-bond acceptors (Lipinski definition) is 4. The molecule has 0 N–H and O–H groups in total. The van der Waals surface area contributed by atoms with Crippen LogP contribution in [0.5, 0.6) is 5.75 Å². The summed E-state index contributed by atoms with van der Waals surface area (Å²) in [5, 5.41) is 2.09. The zero-order chi connectivity index (χ0) is 20.4. The Morgan fingerprint density at radius 3 is 2.59 bits per heavy atom. The molecule has 0 radical (unpaired) electrons. The normalized spacial score (nSPS) is 11.1. The van der Waals surface area contributed by atoms with Gasteiger partial charge in [0.2, 0.25) is 0 Å². The molecule has 5 nitrogen and oxygen atoms in total. The smallest absolute Gasteiger partial charge is 0.357 e. The van der Waals surface area contributed by atoms with Crippen molar-refractivity contribution in [3.8, 4) is 5.75 Å². The van der Waals surface area contributed by atoms with Gasteiger partial charge in [0.25, 0.3) is 0 Å². The Kier molecular flexibility index (Phi) is 5.21. The fraction of sp³-hybridized carbons (Fsp3) is 0.250. The average molecular weight is 388 g/mol. The van der Waals surface area contributed by atoms with Gasteiger partial charge in [-0.25, -0.2) is 9.78 Å². The van der Waals surface area contributed by atoms with Gasteiger partial charge in [-0.1, -0.05) is 37.3 Å². The van der Waals surface area contributed by atoms with E-state index in [1.54, 1.807) is 13.1 Å². The van der Waals surface area contributed by atoms with E-state index in [9.17, 15) is 4.79 Å². The van der Waals surface area contributed by atoms with Gasteiger partial charge < -0.3 is 14.0 Å². The highest BCUT2D eigenvalue weighted by molar-refractivity contribution is 6.12. The lowest BCUT2D eigenvalue weighted by atomic mass is 10.0. The second-order valence-electron chi connectivity index (χ2n) is 6.93. The monoisotopic (exact) mass is 388 g/mol. The number of nitrogens with zero attached hydrogens (tertiary/aromatic N) is 2. The van der Waals surface area contributed by atoms with Crippen molar-refractivity contribution in [3.63, 3.8) is 0 Å². The Balaban J connectivity index is 1.82. The van der Waals surface area contributed by atoms with Crippen molar-refractivity contribution >= 4 is 27.8 Å². The van der Waals surface area contributed by atoms with Crippen LogP contribution in [0.15, 0.2) is 54.7 Å². The van der Waals surface area contributed by atoms with Gasteiger partial charge in [0.15, 0.2) is 5.69 Å². The predicted molar refractivity (Wildman–Crippen MR) is 114 cm³/mol. The molecular weight excluding hydrogens is 364 g/mol. The molecular formula is C24H24N2O3. The highest BCUT2D eigenvalue weighted by Crippen LogP contribution is 2.34. The first-order chi connectivity index (χ1) is 14.1. The molecule has 4 rings (SSSR count). The summed E-state index contributed by atoms with van der Waals surface area (Å²) in [6.07, 6.45) is 2.44. The maximum absolute atomic E-state index is 12.4. The maximum atomic E-state index is 12.4. The molecule has 0 saturated heterocycles. The summed E-state index contributed by atoms with van der Waals surface area (Å²) in [4.78, 5) is 16.8. The van der Waals surface area contributed by atoms with Gasteiger partial charge in [0.05, 0.1) is 18.3 Å². The third kappa shape index (κ3) is 3.44. The summed E-state index contributed by atoms with van der Waals surface area (Å²) in [6.45, 7) is 4.67. The lowest BCUT2D eigenvalue weighted by Gasteiger charge is -2.09. The molecule has 4 aromatic rings. The van der Waals surface area contributed by atoms with E-state index < -0.39 is 0 Å². The summed E-state index contributed by atoms with van der Waals surface area (Å²) in [7, 11) is 2.01. The first-order valence-electron chi connectivity index (χ1n) is 9.87. The SMILES string of the molecule is CCOC(=O)c1ncc2c(c1CC)c1cc(OCc3ccccc3)ccc1n2C. The van der Waals surface area contributed by atoms with Crippen molar-refractivity contribution < 1.29 is 14.3 Å². The Bertz CT molecular complexity index is 1180. The van der Waals surface area contributed by atoms with Crippen LogP contribution in [0.25, 0.3) is 21.8 Å². The van der Waals surface area contributed by atoms with E-state index in [0.717, 1.165) is 38.7 Å². The van der Waals surface area contributed by atoms with E-state index in [0.29, 0.717) is 25.3 Å². The Morgan fingerprint density at radius 2 is 1.86 bits per heavy atom. The minimum Gasteiger partial charge on any atom is -0.489 e. The molecule has 0 saturated carbocycles. The molecule has 5 heteroatoms. The lowest BCUT2D eigenvalue weighted by molar-refractivity contribution is 0.0518. The summed E-state index contributed by atoms with van der Waals surface area (Å²) in [6, 6.07) is 16.2. The topological polar surface area (TPSA) is 53.4 Å². The van der Waals surface area contributed by atoms with E-state index in [4.69, 9.17) is 9.47 Å². The van der Waals surface area contributed by atoms with Gasteiger partial charge in [-0.2, -0.15) is 0 Å². The number of ether oxygens (including phenoxy) is 2. The highest BCUT2D eigenvalue weighted by atomic mass is 16.5. The Morgan fingerprint density at radius 1 is 1.07 bits per heavy atom. The third-order valence-corrected chi connectivity index (χ3v) is 5.19. The van der Waals surface area contributed by atoms with Crippen molar-refractivity contribution in [1.82, 2.24) is 9.55 Å². The number of carbonyl (C=O) groups excluding carboxylic acids is 1. The molecule has 0 amide bonds. The van der Waals surface area contributed by atoms with Gasteiger partial charge in [0, 0.05) is 23.3 Å². The van der Waals surface area contributed by atoms with Crippen LogP contribution >= 0.6 is 0 Å². The van der Waals surface area contributed by atoms with Gasteiger partial charge in [-0.3, -0.25) is 0 Å². The van der Waals surface area contributed by atoms with Gasteiger partial charge in [-0.05, 0) is 42.7 Å². The van der Waals surface area contributed by atoms with Crippen LogP contribution in [-0.4, -0.2) is 22.1 Å². The average Bonchev–Trinajstić information content (AvgIpc) is 3.04. The molecule has 0 unspecified atom stereocenters. The van der Waals surface area contributed by atoms with Crippen molar-refractivity contribution in [1.29, 1.82) is 0 Å². The van der Waals surface area contributed by atoms with E-state index in [2.05, 4.69) is 21.7 Å². The minimum absolute atomic E-state index is 0.328. The molecule has 0 aliphatic rings. The first-order valence-corrected chi connectivity index (χ1v) is 9.87. The fourth-order valence-electron chi connectivity index (χ4n) is 3.78. The third-order valence-electron chi connectivity index (χ3n) is 5.19. The number of pyridine rings is 1. The summed E-state index contributed by atoms with van der Waals surface area (Å²) in [5.41, 5.74) is 4.49. The van der Waals surface area contributed by atoms with Crippen LogP contribution < -0.4 is 4.74 Å². The van der Waals surface area contributed by atoms with E-state index in [1.165, 1.54) is 0 Å². The number of benzene rings is 2. The van der Waals surface area contributed by atoms with Gasteiger partial charge in [-0.15, -0.1) is 0 Å². The quantitative estimate of drug-likeness (QED) is 0.434. The molecule has 2 heterocycles. The van der Waals surface area contributed by atoms with Crippen molar-refractivity contribution in [3.05, 3.63) is 71.5 Å². The second-order valence-corrected chi connectivity index (χ2v) is 6.93. The number of carbonyl (C=O) groups is 1. The van der Waals surface area contributed by atoms with Crippen molar-refractivity contribution in [2.45, 2.75) is 26.9 Å². The van der Waals surface area contributed by atoms with Crippen molar-refractivity contribution in [2.24, 2.45) is 7.05 Å². The molecule has 0 aliphatic heterocycles. The minimum atomic E-state index is -0.375. The lowest BCUT2D eigenvalue weighted by Crippen LogP contribution is -2.10. The molecule has 2 aromatic heterocycles. The molecule has 0 atom stereocenters. The second kappa shape index (κ2) is 7.95. The van der Waals surface area contributed by atoms with E-state index >= 15 is 0 Å². The van der Waals surface area contributed by atoms with Crippen molar-refractivity contribution in [2.75, 3.05) is 6.61 Å². The number of aromatic nitrogens is 2. The Hall–Kier alpha value is -3.34. The van der Waals surface area contributed by atoms with Crippen LogP contribution in [0.3, 0.4) is 0 Å². The van der Waals surface area contributed by atoms with Crippen LogP contribution in [0.4, 0.5) is 0 Å². The zero-order valence-electron chi connectivity index (χ0n) is 16.9. The number of esters is 1.